The highest BCUT2D eigenvalue weighted by Crippen LogP contribution is 2.58. The molecule has 5 heteroatoms. The van der Waals surface area contributed by atoms with E-state index in [1.54, 1.807) is 38.4 Å². The highest BCUT2D eigenvalue weighted by Gasteiger charge is 2.55. The fraction of sp³-hybridized carbons (Fsp3) is 0.476. The first-order valence-corrected chi connectivity index (χ1v) is 8.86. The van der Waals surface area contributed by atoms with Crippen LogP contribution in [0.5, 0.6) is 0 Å². The normalized spacial score (nSPS) is 25.5. The van der Waals surface area contributed by atoms with E-state index in [2.05, 4.69) is 36.0 Å². The first kappa shape index (κ1) is 20.0. The van der Waals surface area contributed by atoms with Crippen molar-refractivity contribution < 1.29 is 9.18 Å². The third-order valence-corrected chi connectivity index (χ3v) is 6.08. The topological polar surface area (TPSA) is 53.8 Å². The van der Waals surface area contributed by atoms with Gasteiger partial charge in [0, 0.05) is 19.7 Å². The van der Waals surface area contributed by atoms with Crippen LogP contribution in [0.2, 0.25) is 0 Å². The number of nitrogens with zero attached hydrogens (tertiary/aromatic N) is 2. The molecule has 26 heavy (non-hydrogen) atoms. The summed E-state index contributed by atoms with van der Waals surface area (Å²) in [4.78, 5) is 12.5. The summed E-state index contributed by atoms with van der Waals surface area (Å²) < 4.78 is 14.2. The van der Waals surface area contributed by atoms with Crippen molar-refractivity contribution in [2.75, 3.05) is 14.1 Å². The molecule has 2 rings (SSSR count). The van der Waals surface area contributed by atoms with Crippen LogP contribution in [0.1, 0.15) is 39.2 Å². The van der Waals surface area contributed by atoms with Gasteiger partial charge in [0.15, 0.2) is 0 Å². The fourth-order valence-electron chi connectivity index (χ4n) is 4.04. The van der Waals surface area contributed by atoms with Crippen molar-refractivity contribution >= 4 is 11.6 Å². The molecular weight excluding hydrogens is 329 g/mol. The van der Waals surface area contributed by atoms with Gasteiger partial charge in [0.25, 0.3) is 0 Å². The van der Waals surface area contributed by atoms with Crippen LogP contribution in [-0.4, -0.2) is 20.0 Å². The average molecular weight is 357 g/mol. The molecular formula is C21H28FN3O. The molecule has 0 aliphatic heterocycles. The Kier molecular flexibility index (Phi) is 5.79. The number of hydrogen-bond donors (Lipinski definition) is 1. The zero-order valence-corrected chi connectivity index (χ0v) is 16.3. The number of benzene rings is 1. The minimum absolute atomic E-state index is 0.0457. The molecule has 0 radical (unpaired) electrons. The molecule has 0 saturated heterocycles. The summed E-state index contributed by atoms with van der Waals surface area (Å²) in [5.41, 5.74) is 0.912. The van der Waals surface area contributed by atoms with Crippen molar-refractivity contribution in [3.8, 4) is 0 Å². The number of nitrogens with one attached hydrogen (secondary N) is 1. The second kappa shape index (κ2) is 7.52. The van der Waals surface area contributed by atoms with Gasteiger partial charge in [0.05, 0.1) is 11.1 Å². The fourth-order valence-corrected chi connectivity index (χ4v) is 4.04. The van der Waals surface area contributed by atoms with Crippen LogP contribution in [-0.2, 0) is 4.79 Å². The van der Waals surface area contributed by atoms with Gasteiger partial charge in [-0.05, 0) is 48.0 Å². The summed E-state index contributed by atoms with van der Waals surface area (Å²) in [7, 11) is 3.23. The predicted molar refractivity (Wildman–Crippen MR) is 103 cm³/mol. The van der Waals surface area contributed by atoms with Gasteiger partial charge in [0.1, 0.15) is 5.82 Å². The number of carbonyl (C=O) groups excluding carboxylic acids is 1. The lowest BCUT2D eigenvalue weighted by molar-refractivity contribution is -0.135. The van der Waals surface area contributed by atoms with Crippen LogP contribution in [0.3, 0.4) is 0 Å². The smallest absolute Gasteiger partial charge is 0.226 e. The third kappa shape index (κ3) is 3.35. The molecule has 140 valence electrons. The minimum atomic E-state index is -0.479. The van der Waals surface area contributed by atoms with Gasteiger partial charge in [-0.1, -0.05) is 39.5 Å². The lowest BCUT2D eigenvalue weighted by Crippen LogP contribution is -2.46. The van der Waals surface area contributed by atoms with Gasteiger partial charge in [0.2, 0.25) is 5.91 Å². The molecule has 1 aromatic rings. The lowest BCUT2D eigenvalue weighted by Gasteiger charge is -2.40. The van der Waals surface area contributed by atoms with Crippen LogP contribution in [0.4, 0.5) is 4.39 Å². The average Bonchev–Trinajstić information content (AvgIpc) is 2.85. The number of allylic oxidation sites excluding steroid dienone is 2. The number of rotatable bonds is 5. The molecule has 0 heterocycles. The SMILES string of the molecule is C=C(/C=C(\N=NC)c1ccccc1F)[C@@H]1CC[C@@](C)(C(=O)NC)C1(C)C. The lowest BCUT2D eigenvalue weighted by atomic mass is 9.63. The van der Waals surface area contributed by atoms with Crippen molar-refractivity contribution in [1.29, 1.82) is 0 Å². The largest absolute Gasteiger partial charge is 0.359 e. The zero-order chi connectivity index (χ0) is 19.5. The van der Waals surface area contributed by atoms with Crippen LogP contribution >= 0.6 is 0 Å². The monoisotopic (exact) mass is 357 g/mol. The molecule has 1 aromatic carbocycles. The summed E-state index contributed by atoms with van der Waals surface area (Å²) >= 11 is 0. The van der Waals surface area contributed by atoms with Gasteiger partial charge in [-0.2, -0.15) is 10.2 Å². The van der Waals surface area contributed by atoms with E-state index in [0.717, 1.165) is 18.4 Å². The number of amides is 1. The third-order valence-electron chi connectivity index (χ3n) is 6.08. The predicted octanol–water partition coefficient (Wildman–Crippen LogP) is 4.99. The zero-order valence-electron chi connectivity index (χ0n) is 16.3. The Balaban J connectivity index is 2.40. The first-order chi connectivity index (χ1) is 12.2. The van der Waals surface area contributed by atoms with E-state index in [1.807, 2.05) is 6.92 Å². The van der Waals surface area contributed by atoms with E-state index in [0.29, 0.717) is 11.3 Å². The van der Waals surface area contributed by atoms with E-state index >= 15 is 0 Å². The maximum Gasteiger partial charge on any atom is 0.226 e. The maximum atomic E-state index is 14.2. The Hall–Kier alpha value is -2.30. The van der Waals surface area contributed by atoms with Crippen LogP contribution in [0.25, 0.3) is 5.70 Å². The highest BCUT2D eigenvalue weighted by atomic mass is 19.1. The van der Waals surface area contributed by atoms with E-state index in [1.165, 1.54) is 6.07 Å². The molecule has 2 atom stereocenters. The molecule has 0 unspecified atom stereocenters. The summed E-state index contributed by atoms with van der Waals surface area (Å²) in [6, 6.07) is 6.49. The second-order valence-electron chi connectivity index (χ2n) is 7.61. The number of hydrogen-bond acceptors (Lipinski definition) is 3. The first-order valence-electron chi connectivity index (χ1n) is 8.86. The summed E-state index contributed by atoms with van der Waals surface area (Å²) in [6.45, 7) is 10.4. The quantitative estimate of drug-likeness (QED) is 0.585. The Morgan fingerprint density at radius 1 is 1.35 bits per heavy atom. The van der Waals surface area contributed by atoms with Crippen molar-refractivity contribution in [2.24, 2.45) is 27.0 Å². The molecule has 1 N–H and O–H groups in total. The van der Waals surface area contributed by atoms with Crippen LogP contribution in [0, 0.1) is 22.6 Å². The van der Waals surface area contributed by atoms with Crippen molar-refractivity contribution in [3.63, 3.8) is 0 Å². The molecule has 0 spiro atoms. The van der Waals surface area contributed by atoms with Gasteiger partial charge in [-0.3, -0.25) is 4.79 Å². The van der Waals surface area contributed by atoms with Gasteiger partial charge in [-0.15, -0.1) is 0 Å². The Labute approximate surface area is 155 Å². The summed E-state index contributed by atoms with van der Waals surface area (Å²) in [5, 5.41) is 10.7. The Morgan fingerprint density at radius 2 is 2.00 bits per heavy atom. The minimum Gasteiger partial charge on any atom is -0.359 e. The number of carbonyl (C=O) groups is 1. The van der Waals surface area contributed by atoms with E-state index in [9.17, 15) is 9.18 Å². The van der Waals surface area contributed by atoms with Crippen LogP contribution < -0.4 is 5.32 Å². The van der Waals surface area contributed by atoms with Crippen molar-refractivity contribution in [1.82, 2.24) is 5.32 Å². The molecule has 1 aliphatic carbocycles. The van der Waals surface area contributed by atoms with Gasteiger partial charge < -0.3 is 5.32 Å². The molecule has 0 bridgehead atoms. The number of azo groups is 1. The summed E-state index contributed by atoms with van der Waals surface area (Å²) in [6.07, 6.45) is 3.43. The van der Waals surface area contributed by atoms with E-state index < -0.39 is 5.41 Å². The summed E-state index contributed by atoms with van der Waals surface area (Å²) in [5.74, 6) is -0.206. The van der Waals surface area contributed by atoms with E-state index in [-0.39, 0.29) is 23.1 Å². The molecule has 0 aromatic heterocycles. The highest BCUT2D eigenvalue weighted by molar-refractivity contribution is 5.83. The molecule has 4 nitrogen and oxygen atoms in total. The van der Waals surface area contributed by atoms with Gasteiger partial charge in [-0.25, -0.2) is 4.39 Å². The molecule has 1 fully saturated rings. The molecule has 1 aliphatic rings. The standard InChI is InChI=1S/C21H28FN3O/c1-14(13-18(25-24-6)15-9-7-8-10-17(15)22)16-11-12-21(4,19(26)23-5)20(16,2)3/h7-10,13,16H,1,11-12H2,2-6H3,(H,23,26)/b18-13-,25-24?/t16-,21-/m0/s1. The molecule has 1 saturated carbocycles. The van der Waals surface area contributed by atoms with Crippen molar-refractivity contribution in [3.05, 3.63) is 53.9 Å². The number of halogens is 1. The maximum absolute atomic E-state index is 14.2. The van der Waals surface area contributed by atoms with Crippen molar-refractivity contribution in [2.45, 2.75) is 33.6 Å². The van der Waals surface area contributed by atoms with E-state index in [4.69, 9.17) is 0 Å². The Morgan fingerprint density at radius 3 is 2.58 bits per heavy atom. The Bertz CT molecular complexity index is 766. The second-order valence-corrected chi connectivity index (χ2v) is 7.61. The van der Waals surface area contributed by atoms with Gasteiger partial charge >= 0.3 is 0 Å². The van der Waals surface area contributed by atoms with Crippen LogP contribution in [0.15, 0.2) is 52.7 Å². The molecule has 1 amide bonds.